The molecule has 38 heavy (non-hydrogen) atoms. The Morgan fingerprint density at radius 1 is 0.658 bits per heavy atom. The molecule has 0 atom stereocenters. The molecule has 0 saturated heterocycles. The zero-order valence-corrected chi connectivity index (χ0v) is 24.3. The minimum absolute atomic E-state index is 0.853. The molecule has 0 N–H and O–H groups in total. The van der Waals surface area contributed by atoms with Gasteiger partial charge >= 0.3 is 0 Å². The van der Waals surface area contributed by atoms with Gasteiger partial charge in [-0.05, 0) is 90.1 Å². The Labute approximate surface area is 232 Å². The van der Waals surface area contributed by atoms with Crippen LogP contribution in [0.5, 0.6) is 0 Å². The Bertz CT molecular complexity index is 1160. The van der Waals surface area contributed by atoms with Gasteiger partial charge in [-0.3, -0.25) is 0 Å². The fraction of sp³-hybridized carbons (Fsp3) is 0.444. The molecule has 0 fully saturated rings. The van der Waals surface area contributed by atoms with Gasteiger partial charge in [-0.1, -0.05) is 121 Å². The van der Waals surface area contributed by atoms with Crippen LogP contribution in [0, 0.1) is 0 Å². The molecule has 0 bridgehead atoms. The molecular weight excluding hydrogens is 460 g/mol. The maximum atomic E-state index is 4.70. The lowest BCUT2D eigenvalue weighted by molar-refractivity contribution is 0.606. The first-order valence-corrected chi connectivity index (χ1v) is 15.1. The van der Waals surface area contributed by atoms with Crippen LogP contribution in [0.3, 0.4) is 0 Å². The summed E-state index contributed by atoms with van der Waals surface area (Å²) in [6, 6.07) is 24.1. The summed E-state index contributed by atoms with van der Waals surface area (Å²) in [6.07, 6.45) is 16.8. The first-order chi connectivity index (χ1) is 18.7. The van der Waals surface area contributed by atoms with Crippen molar-refractivity contribution in [2.45, 2.75) is 105 Å². The number of nitrogens with zero attached hydrogens (tertiary/aromatic N) is 2. The second kappa shape index (κ2) is 16.8. The summed E-state index contributed by atoms with van der Waals surface area (Å²) < 4.78 is 0. The van der Waals surface area contributed by atoms with Gasteiger partial charge in [0.25, 0.3) is 0 Å². The van der Waals surface area contributed by atoms with Crippen molar-refractivity contribution < 1.29 is 0 Å². The molecule has 0 saturated carbocycles. The molecule has 0 radical (unpaired) electrons. The fourth-order valence-electron chi connectivity index (χ4n) is 5.02. The molecule has 0 spiro atoms. The molecular formula is C36H48N2. The molecule has 0 heterocycles. The van der Waals surface area contributed by atoms with Crippen molar-refractivity contribution in [3.63, 3.8) is 0 Å². The number of allylic oxidation sites excluding steroid dienone is 1. The Morgan fingerprint density at radius 2 is 1.37 bits per heavy atom. The van der Waals surface area contributed by atoms with Crippen LogP contribution in [0.25, 0.3) is 17.2 Å². The predicted molar refractivity (Wildman–Crippen MR) is 166 cm³/mol. The van der Waals surface area contributed by atoms with Crippen LogP contribution in [-0.2, 0) is 19.3 Å². The van der Waals surface area contributed by atoms with Crippen molar-refractivity contribution in [3.8, 4) is 11.1 Å². The molecule has 2 heteroatoms. The first-order valence-electron chi connectivity index (χ1n) is 15.1. The molecule has 2 nitrogen and oxygen atoms in total. The van der Waals surface area contributed by atoms with Gasteiger partial charge in [-0.15, -0.1) is 0 Å². The second-order valence-corrected chi connectivity index (χ2v) is 10.4. The summed E-state index contributed by atoms with van der Waals surface area (Å²) in [4.78, 5) is 0. The number of rotatable bonds is 16. The molecule has 3 rings (SSSR count). The minimum atomic E-state index is 0.853. The highest BCUT2D eigenvalue weighted by Crippen LogP contribution is 2.30. The number of hydrogen-bond acceptors (Lipinski definition) is 2. The molecule has 0 aromatic heterocycles. The van der Waals surface area contributed by atoms with Crippen LogP contribution in [0.4, 0.5) is 5.69 Å². The van der Waals surface area contributed by atoms with E-state index >= 15 is 0 Å². The van der Waals surface area contributed by atoms with E-state index in [1.165, 1.54) is 91.2 Å². The normalized spacial score (nSPS) is 11.9. The maximum Gasteiger partial charge on any atom is 0.0863 e. The Kier molecular flexibility index (Phi) is 13.0. The summed E-state index contributed by atoms with van der Waals surface area (Å²) in [5.74, 6) is 0. The van der Waals surface area contributed by atoms with Crippen LogP contribution < -0.4 is 0 Å². The fourth-order valence-corrected chi connectivity index (χ4v) is 5.02. The summed E-state index contributed by atoms with van der Waals surface area (Å²) in [6.45, 7) is 8.95. The largest absolute Gasteiger partial charge is 0.155 e. The molecule has 0 unspecified atom stereocenters. The number of aryl methyl sites for hydroxylation is 3. The van der Waals surface area contributed by atoms with Crippen molar-refractivity contribution in [1.29, 1.82) is 0 Å². The van der Waals surface area contributed by atoms with E-state index in [2.05, 4.69) is 106 Å². The Hall–Kier alpha value is -3.00. The van der Waals surface area contributed by atoms with E-state index in [1.54, 1.807) is 0 Å². The van der Waals surface area contributed by atoms with Crippen LogP contribution in [0.15, 0.2) is 82.7 Å². The predicted octanol–water partition coefficient (Wildman–Crippen LogP) is 11.7. The van der Waals surface area contributed by atoms with Gasteiger partial charge in [0.1, 0.15) is 0 Å². The zero-order valence-electron chi connectivity index (χ0n) is 24.3. The molecule has 0 aliphatic carbocycles. The highest BCUT2D eigenvalue weighted by molar-refractivity contribution is 5.71. The van der Waals surface area contributed by atoms with Crippen molar-refractivity contribution in [2.75, 3.05) is 0 Å². The zero-order chi connectivity index (χ0) is 27.0. The second-order valence-electron chi connectivity index (χ2n) is 10.4. The van der Waals surface area contributed by atoms with E-state index in [1.807, 2.05) is 0 Å². The standard InChI is InChI=1S/C36H48N2/c1-5-9-11-12-13-15-21-33-26-29(22-23-30(33)7-3)27-34(8-4)37-38-35-25-24-32(18-10-6-2)36(28-35)31-19-16-14-17-20-31/h14,16-17,19-20,22-28H,5-13,15,18,21H2,1-4H3. The Morgan fingerprint density at radius 3 is 2.11 bits per heavy atom. The summed E-state index contributed by atoms with van der Waals surface area (Å²) in [7, 11) is 0. The number of benzene rings is 3. The van der Waals surface area contributed by atoms with E-state index in [0.29, 0.717) is 0 Å². The summed E-state index contributed by atoms with van der Waals surface area (Å²) in [5.41, 5.74) is 10.0. The van der Waals surface area contributed by atoms with E-state index in [-0.39, 0.29) is 0 Å². The third kappa shape index (κ3) is 9.39. The highest BCUT2D eigenvalue weighted by Gasteiger charge is 2.07. The van der Waals surface area contributed by atoms with Gasteiger partial charge < -0.3 is 0 Å². The molecule has 0 amide bonds. The topological polar surface area (TPSA) is 24.7 Å². The summed E-state index contributed by atoms with van der Waals surface area (Å²) >= 11 is 0. The van der Waals surface area contributed by atoms with Crippen molar-refractivity contribution >= 4 is 11.8 Å². The Balaban J connectivity index is 1.77. The van der Waals surface area contributed by atoms with Crippen molar-refractivity contribution in [3.05, 3.63) is 94.7 Å². The molecule has 0 aliphatic heterocycles. The smallest absolute Gasteiger partial charge is 0.0863 e. The summed E-state index contributed by atoms with van der Waals surface area (Å²) in [5, 5.41) is 9.38. The first kappa shape index (κ1) is 29.6. The van der Waals surface area contributed by atoms with Gasteiger partial charge in [-0.2, -0.15) is 10.2 Å². The number of unbranched alkanes of at least 4 members (excludes halogenated alkanes) is 6. The lowest BCUT2D eigenvalue weighted by Gasteiger charge is -2.11. The van der Waals surface area contributed by atoms with Crippen LogP contribution in [-0.4, -0.2) is 0 Å². The average molecular weight is 509 g/mol. The maximum absolute atomic E-state index is 4.70. The lowest BCUT2D eigenvalue weighted by atomic mass is 9.96. The quantitative estimate of drug-likeness (QED) is 0.136. The molecule has 0 aliphatic rings. The van der Waals surface area contributed by atoms with Crippen molar-refractivity contribution in [2.24, 2.45) is 10.2 Å². The molecule has 202 valence electrons. The van der Waals surface area contributed by atoms with Gasteiger partial charge in [0.2, 0.25) is 0 Å². The third-order valence-corrected chi connectivity index (χ3v) is 7.38. The average Bonchev–Trinajstić information content (AvgIpc) is 2.96. The SMILES string of the molecule is CCCCCCCCc1cc(C=C(CC)N=Nc2ccc(CCCC)c(-c3ccccc3)c2)ccc1CC. The van der Waals surface area contributed by atoms with Gasteiger partial charge in [0.15, 0.2) is 0 Å². The van der Waals surface area contributed by atoms with E-state index in [4.69, 9.17) is 5.11 Å². The van der Waals surface area contributed by atoms with E-state index in [0.717, 1.165) is 30.6 Å². The number of azo groups is 1. The lowest BCUT2D eigenvalue weighted by Crippen LogP contribution is -1.95. The third-order valence-electron chi connectivity index (χ3n) is 7.38. The molecule has 3 aromatic rings. The van der Waals surface area contributed by atoms with Crippen LogP contribution in [0.1, 0.15) is 108 Å². The van der Waals surface area contributed by atoms with Crippen LogP contribution >= 0.6 is 0 Å². The van der Waals surface area contributed by atoms with Gasteiger partial charge in [0, 0.05) is 0 Å². The van der Waals surface area contributed by atoms with Crippen LogP contribution in [0.2, 0.25) is 0 Å². The number of hydrogen-bond donors (Lipinski definition) is 0. The minimum Gasteiger partial charge on any atom is -0.155 e. The highest BCUT2D eigenvalue weighted by atomic mass is 15.1. The monoisotopic (exact) mass is 508 g/mol. The van der Waals surface area contributed by atoms with Gasteiger partial charge in [0.05, 0.1) is 11.4 Å². The van der Waals surface area contributed by atoms with E-state index in [9.17, 15) is 0 Å². The molecule has 3 aromatic carbocycles. The van der Waals surface area contributed by atoms with Gasteiger partial charge in [-0.25, -0.2) is 0 Å². The van der Waals surface area contributed by atoms with E-state index < -0.39 is 0 Å². The van der Waals surface area contributed by atoms with Crippen molar-refractivity contribution in [1.82, 2.24) is 0 Å².